The van der Waals surface area contributed by atoms with E-state index in [2.05, 4.69) is 48.8 Å². The molecule has 3 aliphatic rings. The van der Waals surface area contributed by atoms with E-state index in [1.165, 1.54) is 31.4 Å². The first-order valence-electron chi connectivity index (χ1n) is 10.4. The van der Waals surface area contributed by atoms with Crippen molar-refractivity contribution < 1.29 is 4.74 Å². The van der Waals surface area contributed by atoms with Gasteiger partial charge in [-0.2, -0.15) is 10.1 Å². The van der Waals surface area contributed by atoms with Gasteiger partial charge in [-0.3, -0.25) is 5.10 Å². The fraction of sp³-hybridized carbons (Fsp3) is 0.650. The third kappa shape index (κ3) is 3.71. The SMILES string of the molecule is CN1CC2(CCC(Nc3nccc(Nc4cc(C5CCCC5)[nH]n4)n3)CO2)C1. The number of likely N-dealkylation sites (N-methyl/N-ethyl adjacent to an activating group) is 1. The van der Waals surface area contributed by atoms with E-state index in [1.54, 1.807) is 6.20 Å². The molecule has 1 atom stereocenters. The first-order valence-corrected chi connectivity index (χ1v) is 10.4. The Morgan fingerprint density at radius 1 is 1.21 bits per heavy atom. The highest BCUT2D eigenvalue weighted by atomic mass is 16.5. The summed E-state index contributed by atoms with van der Waals surface area (Å²) in [6.07, 6.45) is 9.08. The average molecular weight is 384 g/mol. The maximum atomic E-state index is 6.14. The summed E-state index contributed by atoms with van der Waals surface area (Å²) in [4.78, 5) is 11.3. The number of H-pyrrole nitrogens is 1. The fourth-order valence-corrected chi connectivity index (χ4v) is 4.83. The summed E-state index contributed by atoms with van der Waals surface area (Å²) >= 11 is 0. The van der Waals surface area contributed by atoms with Gasteiger partial charge in [0.15, 0.2) is 5.82 Å². The van der Waals surface area contributed by atoms with Gasteiger partial charge in [-0.05, 0) is 38.8 Å². The summed E-state index contributed by atoms with van der Waals surface area (Å²) in [5.41, 5.74) is 1.32. The van der Waals surface area contributed by atoms with Crippen LogP contribution >= 0.6 is 0 Å². The minimum Gasteiger partial charge on any atom is -0.370 e. The number of aromatic nitrogens is 4. The van der Waals surface area contributed by atoms with Gasteiger partial charge in [-0.1, -0.05) is 12.8 Å². The number of nitrogens with zero attached hydrogens (tertiary/aromatic N) is 4. The number of ether oxygens (including phenoxy) is 1. The monoisotopic (exact) mass is 383 g/mol. The Kier molecular flexibility index (Phi) is 4.68. The Morgan fingerprint density at radius 2 is 2.07 bits per heavy atom. The van der Waals surface area contributed by atoms with Crippen molar-refractivity contribution in [1.82, 2.24) is 25.1 Å². The van der Waals surface area contributed by atoms with Gasteiger partial charge < -0.3 is 20.3 Å². The highest BCUT2D eigenvalue weighted by Gasteiger charge is 2.45. The van der Waals surface area contributed by atoms with Crippen LogP contribution in [0.3, 0.4) is 0 Å². The summed E-state index contributed by atoms with van der Waals surface area (Å²) in [6, 6.07) is 4.23. The van der Waals surface area contributed by atoms with E-state index in [0.29, 0.717) is 18.5 Å². The van der Waals surface area contributed by atoms with Crippen LogP contribution < -0.4 is 10.6 Å². The number of anilines is 3. The minimum atomic E-state index is 0.0914. The predicted molar refractivity (Wildman–Crippen MR) is 108 cm³/mol. The Morgan fingerprint density at radius 3 is 2.82 bits per heavy atom. The van der Waals surface area contributed by atoms with E-state index in [-0.39, 0.29) is 11.6 Å². The second kappa shape index (κ2) is 7.33. The van der Waals surface area contributed by atoms with Gasteiger partial charge >= 0.3 is 0 Å². The number of hydrogen-bond acceptors (Lipinski definition) is 7. The lowest BCUT2D eigenvalue weighted by molar-refractivity contribution is -0.161. The number of nitrogens with one attached hydrogen (secondary N) is 3. The molecule has 28 heavy (non-hydrogen) atoms. The van der Waals surface area contributed by atoms with Crippen LogP contribution in [0.2, 0.25) is 0 Å². The van der Waals surface area contributed by atoms with Crippen LogP contribution in [0, 0.1) is 0 Å². The zero-order chi connectivity index (χ0) is 19.0. The van der Waals surface area contributed by atoms with E-state index in [4.69, 9.17) is 4.74 Å². The summed E-state index contributed by atoms with van der Waals surface area (Å²) in [6.45, 7) is 2.79. The molecule has 3 N–H and O–H groups in total. The first-order chi connectivity index (χ1) is 13.7. The Hall–Kier alpha value is -2.19. The second-order valence-electron chi connectivity index (χ2n) is 8.63. The van der Waals surface area contributed by atoms with E-state index in [9.17, 15) is 0 Å². The van der Waals surface area contributed by atoms with E-state index >= 15 is 0 Å². The highest BCUT2D eigenvalue weighted by molar-refractivity contribution is 5.53. The maximum Gasteiger partial charge on any atom is 0.224 e. The molecule has 4 heterocycles. The molecule has 2 aromatic rings. The van der Waals surface area contributed by atoms with Gasteiger partial charge in [0.2, 0.25) is 5.95 Å². The molecule has 8 nitrogen and oxygen atoms in total. The van der Waals surface area contributed by atoms with Gasteiger partial charge in [0, 0.05) is 37.0 Å². The van der Waals surface area contributed by atoms with Crippen LogP contribution in [0.1, 0.15) is 50.1 Å². The Labute approximate surface area is 165 Å². The lowest BCUT2D eigenvalue weighted by atomic mass is 9.85. The topological polar surface area (TPSA) is 91.0 Å². The van der Waals surface area contributed by atoms with Crippen LogP contribution in [0.5, 0.6) is 0 Å². The molecule has 0 amide bonds. The molecule has 0 aromatic carbocycles. The van der Waals surface area contributed by atoms with Crippen molar-refractivity contribution in [1.29, 1.82) is 0 Å². The normalized spacial score (nSPS) is 25.0. The lowest BCUT2D eigenvalue weighted by Gasteiger charge is -2.51. The van der Waals surface area contributed by atoms with Gasteiger partial charge in [0.25, 0.3) is 0 Å². The summed E-state index contributed by atoms with van der Waals surface area (Å²) in [7, 11) is 2.14. The molecule has 2 aromatic heterocycles. The second-order valence-corrected chi connectivity index (χ2v) is 8.63. The average Bonchev–Trinajstić information content (AvgIpc) is 3.34. The molecule has 3 fully saturated rings. The summed E-state index contributed by atoms with van der Waals surface area (Å²) in [5, 5.41) is 14.3. The smallest absolute Gasteiger partial charge is 0.224 e. The van der Waals surface area contributed by atoms with Crippen molar-refractivity contribution in [2.24, 2.45) is 0 Å². The third-order valence-electron chi connectivity index (χ3n) is 6.29. The van der Waals surface area contributed by atoms with Crippen molar-refractivity contribution in [2.75, 3.05) is 37.4 Å². The van der Waals surface area contributed by atoms with Crippen LogP contribution in [0.15, 0.2) is 18.3 Å². The maximum absolute atomic E-state index is 6.14. The van der Waals surface area contributed by atoms with Gasteiger partial charge in [-0.25, -0.2) is 4.98 Å². The molecule has 2 aliphatic heterocycles. The minimum absolute atomic E-state index is 0.0914. The molecular formula is C20H29N7O. The molecule has 1 aliphatic carbocycles. The molecule has 1 unspecified atom stereocenters. The predicted octanol–water partition coefficient (Wildman–Crippen LogP) is 2.88. The third-order valence-corrected chi connectivity index (χ3v) is 6.29. The molecule has 2 saturated heterocycles. The van der Waals surface area contributed by atoms with Crippen molar-refractivity contribution >= 4 is 17.6 Å². The van der Waals surface area contributed by atoms with E-state index in [0.717, 1.165) is 37.6 Å². The number of aromatic amines is 1. The standard InChI is InChI=1S/C20H29N7O/c1-27-12-20(13-27)8-6-15(11-28-20)22-19-21-9-7-17(24-19)23-18-10-16(25-26-18)14-4-2-3-5-14/h7,9-10,14-15H,2-6,8,11-13H2,1H3,(H3,21,22,23,24,25,26). The molecule has 5 rings (SSSR count). The first kappa shape index (κ1) is 17.9. The van der Waals surface area contributed by atoms with E-state index in [1.807, 2.05) is 6.07 Å². The molecule has 150 valence electrons. The zero-order valence-corrected chi connectivity index (χ0v) is 16.4. The van der Waals surface area contributed by atoms with E-state index < -0.39 is 0 Å². The fourth-order valence-electron chi connectivity index (χ4n) is 4.83. The Bertz CT molecular complexity index is 800. The lowest BCUT2D eigenvalue weighted by Crippen LogP contribution is -2.64. The molecule has 0 bridgehead atoms. The zero-order valence-electron chi connectivity index (χ0n) is 16.4. The Balaban J connectivity index is 1.17. The van der Waals surface area contributed by atoms with Gasteiger partial charge in [-0.15, -0.1) is 0 Å². The largest absolute Gasteiger partial charge is 0.370 e. The van der Waals surface area contributed by atoms with Crippen molar-refractivity contribution in [3.63, 3.8) is 0 Å². The highest BCUT2D eigenvalue weighted by Crippen LogP contribution is 2.35. The molecular weight excluding hydrogens is 354 g/mol. The van der Waals surface area contributed by atoms with Crippen LogP contribution in [-0.4, -0.2) is 63.5 Å². The molecule has 1 saturated carbocycles. The van der Waals surface area contributed by atoms with Crippen LogP contribution in [-0.2, 0) is 4.74 Å². The molecule has 8 heteroatoms. The quantitative estimate of drug-likeness (QED) is 0.731. The van der Waals surface area contributed by atoms with Crippen molar-refractivity contribution in [3.8, 4) is 0 Å². The van der Waals surface area contributed by atoms with Gasteiger partial charge in [0.05, 0.1) is 18.2 Å². The molecule has 0 radical (unpaired) electrons. The summed E-state index contributed by atoms with van der Waals surface area (Å²) in [5.74, 6) is 2.81. The van der Waals surface area contributed by atoms with Gasteiger partial charge in [0.1, 0.15) is 5.82 Å². The number of hydrogen-bond donors (Lipinski definition) is 3. The van der Waals surface area contributed by atoms with Crippen LogP contribution in [0.25, 0.3) is 0 Å². The number of likely N-dealkylation sites (tertiary alicyclic amines) is 1. The number of rotatable bonds is 5. The van der Waals surface area contributed by atoms with Crippen molar-refractivity contribution in [3.05, 3.63) is 24.0 Å². The summed E-state index contributed by atoms with van der Waals surface area (Å²) < 4.78 is 6.14. The van der Waals surface area contributed by atoms with Crippen LogP contribution in [0.4, 0.5) is 17.6 Å². The molecule has 1 spiro atoms. The van der Waals surface area contributed by atoms with Crippen molar-refractivity contribution in [2.45, 2.75) is 56.1 Å².